The van der Waals surface area contributed by atoms with Gasteiger partial charge < -0.3 is 14.2 Å². The van der Waals surface area contributed by atoms with Crippen LogP contribution < -0.4 is 10.2 Å². The average Bonchev–Trinajstić information content (AvgIpc) is 3.45. The normalized spacial score (nSPS) is 28.4. The van der Waals surface area contributed by atoms with Crippen molar-refractivity contribution >= 4 is 45.6 Å². The van der Waals surface area contributed by atoms with E-state index in [4.69, 9.17) is 9.26 Å². The molecule has 35 heavy (non-hydrogen) atoms. The molecule has 3 aliphatic heterocycles. The number of rotatable bonds is 3. The molecule has 0 aliphatic carbocycles. The molecule has 3 aromatic rings. The van der Waals surface area contributed by atoms with E-state index in [-0.39, 0.29) is 24.7 Å². The number of carbonyl (C=O) groups excluding carboxylic acids is 3. The number of ether oxygens (including phenoxy) is 1. The van der Waals surface area contributed by atoms with Crippen LogP contribution in [-0.2, 0) is 38.4 Å². The first-order valence-electron chi connectivity index (χ1n) is 11.6. The summed E-state index contributed by atoms with van der Waals surface area (Å²) < 4.78 is 27.5. The molecule has 182 valence electrons. The van der Waals surface area contributed by atoms with Crippen LogP contribution in [0.3, 0.4) is 0 Å². The Hall–Kier alpha value is -3.18. The first kappa shape index (κ1) is 22.3. The lowest BCUT2D eigenvalue weighted by Crippen LogP contribution is -2.72. The minimum Gasteiger partial charge on any atom is -0.372 e. The van der Waals surface area contributed by atoms with Crippen molar-refractivity contribution in [2.75, 3.05) is 11.4 Å². The van der Waals surface area contributed by atoms with Crippen molar-refractivity contribution in [2.24, 2.45) is 5.41 Å². The Morgan fingerprint density at radius 3 is 2.86 bits per heavy atom. The maximum Gasteiger partial charge on any atom is 0.242 e. The lowest BCUT2D eigenvalue weighted by atomic mass is 9.63. The predicted octanol–water partition coefficient (Wildman–Crippen LogP) is 2.35. The summed E-state index contributed by atoms with van der Waals surface area (Å²) in [6, 6.07) is 1.02. The molecular weight excluding hydrogens is 475 g/mol. The van der Waals surface area contributed by atoms with Gasteiger partial charge in [0.25, 0.3) is 0 Å². The molecule has 2 saturated heterocycles. The van der Waals surface area contributed by atoms with Crippen LogP contribution in [0.5, 0.6) is 0 Å². The topological polar surface area (TPSA) is 115 Å². The van der Waals surface area contributed by atoms with E-state index in [2.05, 4.69) is 15.5 Å². The summed E-state index contributed by atoms with van der Waals surface area (Å²) in [5, 5.41) is 9.82. The van der Waals surface area contributed by atoms with Crippen LogP contribution in [0.25, 0.3) is 11.0 Å². The van der Waals surface area contributed by atoms with E-state index in [0.717, 1.165) is 5.01 Å². The number of Topliss-reactive ketones (excluding diaryl/α,β-unsaturated/α-hetero) is 1. The number of anilines is 1. The summed E-state index contributed by atoms with van der Waals surface area (Å²) in [5.74, 6) is -2.30. The van der Waals surface area contributed by atoms with E-state index >= 15 is 4.39 Å². The average molecular weight is 499 g/mol. The van der Waals surface area contributed by atoms with Gasteiger partial charge in [0.15, 0.2) is 11.6 Å². The minimum atomic E-state index is -1.56. The summed E-state index contributed by atoms with van der Waals surface area (Å²) in [5.41, 5.74) is -0.0987. The van der Waals surface area contributed by atoms with Gasteiger partial charge in [0, 0.05) is 36.3 Å². The number of morpholine rings is 1. The van der Waals surface area contributed by atoms with Gasteiger partial charge in [0.2, 0.25) is 17.4 Å². The van der Waals surface area contributed by atoms with Gasteiger partial charge in [0.05, 0.1) is 41.1 Å². The van der Waals surface area contributed by atoms with Crippen molar-refractivity contribution in [2.45, 2.75) is 57.8 Å². The van der Waals surface area contributed by atoms with Gasteiger partial charge in [-0.2, -0.15) is 0 Å². The Morgan fingerprint density at radius 1 is 1.29 bits per heavy atom. The number of piperidine rings is 1. The number of halogens is 1. The SMILES string of the molecule is C[C@@H]1CN2c3c(cc4c(CCc5nccs5)noc4c3F)CC3(C(=O)CC(=O)NC3=O)[C@H]2[C@H](C)O1. The van der Waals surface area contributed by atoms with Gasteiger partial charge in [0.1, 0.15) is 5.41 Å². The van der Waals surface area contributed by atoms with Crippen LogP contribution in [0, 0.1) is 11.2 Å². The summed E-state index contributed by atoms with van der Waals surface area (Å²) in [7, 11) is 0. The largest absolute Gasteiger partial charge is 0.372 e. The molecule has 2 aromatic heterocycles. The van der Waals surface area contributed by atoms with Crippen LogP contribution in [0.2, 0.25) is 0 Å². The number of hydrogen-bond donors (Lipinski definition) is 1. The number of aromatic nitrogens is 2. The number of amides is 2. The number of imide groups is 1. The highest BCUT2D eigenvalue weighted by atomic mass is 32.1. The van der Waals surface area contributed by atoms with E-state index in [9.17, 15) is 14.4 Å². The Labute approximate surface area is 203 Å². The third-order valence-electron chi connectivity index (χ3n) is 7.31. The molecule has 1 unspecified atom stereocenters. The molecule has 1 spiro atoms. The third-order valence-corrected chi connectivity index (χ3v) is 8.15. The highest BCUT2D eigenvalue weighted by Gasteiger charge is 2.62. The molecular formula is C24H23FN4O5S. The van der Waals surface area contributed by atoms with E-state index in [1.165, 1.54) is 11.3 Å². The molecule has 11 heteroatoms. The number of benzene rings is 1. The second kappa shape index (κ2) is 7.92. The zero-order valence-corrected chi connectivity index (χ0v) is 20.0. The smallest absolute Gasteiger partial charge is 0.242 e. The Bertz CT molecular complexity index is 1350. The highest BCUT2D eigenvalue weighted by Crippen LogP contribution is 2.50. The third kappa shape index (κ3) is 3.24. The molecule has 6 rings (SSSR count). The van der Waals surface area contributed by atoms with Crippen molar-refractivity contribution in [1.82, 2.24) is 15.5 Å². The predicted molar refractivity (Wildman–Crippen MR) is 124 cm³/mol. The number of thiazole rings is 1. The number of nitrogens with zero attached hydrogens (tertiary/aromatic N) is 3. The van der Waals surface area contributed by atoms with E-state index in [1.807, 2.05) is 12.3 Å². The van der Waals surface area contributed by atoms with Crippen LogP contribution in [0.1, 0.15) is 36.5 Å². The molecule has 0 saturated carbocycles. The van der Waals surface area contributed by atoms with Crippen molar-refractivity contribution < 1.29 is 28.0 Å². The van der Waals surface area contributed by atoms with Crippen molar-refractivity contribution in [3.63, 3.8) is 0 Å². The molecule has 9 nitrogen and oxygen atoms in total. The van der Waals surface area contributed by atoms with E-state index < -0.39 is 47.4 Å². The number of ketones is 1. The summed E-state index contributed by atoms with van der Waals surface area (Å²) in [4.78, 5) is 44.7. The van der Waals surface area contributed by atoms with Crippen LogP contribution in [0.4, 0.5) is 10.1 Å². The summed E-state index contributed by atoms with van der Waals surface area (Å²) in [6.45, 7) is 3.92. The maximum atomic E-state index is 16.0. The Morgan fingerprint density at radius 2 is 2.11 bits per heavy atom. The number of carbonyl (C=O) groups is 3. The number of fused-ring (bicyclic) bond motifs is 5. The standard InChI is InChI=1S/C24H23FN4O5S/c1-11-10-29-20-13(9-24(22(29)12(2)33-11)16(30)8-17(31)27-23(24)32)7-14-15(28-34-21(14)19(20)25)3-4-18-26-5-6-35-18/h5-7,11-12,22H,3-4,8-10H2,1-2H3,(H,27,31,32)/t11-,12+,22-,24?/m1/s1. The van der Waals surface area contributed by atoms with Gasteiger partial charge in [-0.25, -0.2) is 9.37 Å². The quantitative estimate of drug-likeness (QED) is 0.432. The molecule has 1 N–H and O–H groups in total. The minimum absolute atomic E-state index is 0.0342. The second-order valence-electron chi connectivity index (χ2n) is 9.50. The molecule has 0 bridgehead atoms. The van der Waals surface area contributed by atoms with Gasteiger partial charge in [-0.15, -0.1) is 11.3 Å². The van der Waals surface area contributed by atoms with Crippen LogP contribution in [0.15, 0.2) is 22.2 Å². The van der Waals surface area contributed by atoms with Gasteiger partial charge in [-0.3, -0.25) is 19.7 Å². The first-order chi connectivity index (χ1) is 16.8. The Balaban J connectivity index is 1.50. The van der Waals surface area contributed by atoms with Crippen LogP contribution >= 0.6 is 11.3 Å². The van der Waals surface area contributed by atoms with Gasteiger partial charge >= 0.3 is 0 Å². The fraction of sp³-hybridized carbons (Fsp3) is 0.458. The number of aryl methyl sites for hydroxylation is 2. The highest BCUT2D eigenvalue weighted by molar-refractivity contribution is 7.09. The molecule has 0 radical (unpaired) electrons. The lowest BCUT2D eigenvalue weighted by molar-refractivity contribution is -0.158. The van der Waals surface area contributed by atoms with Crippen LogP contribution in [-0.4, -0.2) is 52.5 Å². The van der Waals surface area contributed by atoms with Crippen molar-refractivity contribution in [1.29, 1.82) is 0 Å². The monoisotopic (exact) mass is 498 g/mol. The van der Waals surface area contributed by atoms with Crippen molar-refractivity contribution in [3.8, 4) is 0 Å². The summed E-state index contributed by atoms with van der Waals surface area (Å²) >= 11 is 1.53. The number of nitrogens with one attached hydrogen (secondary N) is 1. The lowest BCUT2D eigenvalue weighted by Gasteiger charge is -2.55. The second-order valence-corrected chi connectivity index (χ2v) is 10.5. The van der Waals surface area contributed by atoms with Crippen molar-refractivity contribution in [3.05, 3.63) is 39.7 Å². The maximum absolute atomic E-state index is 16.0. The molecule has 2 amide bonds. The molecule has 2 fully saturated rings. The zero-order chi connectivity index (χ0) is 24.5. The van der Waals surface area contributed by atoms with Gasteiger partial charge in [-0.05, 0) is 31.9 Å². The number of hydrogen-bond acceptors (Lipinski definition) is 9. The first-order valence-corrected chi connectivity index (χ1v) is 12.4. The Kier molecular flexibility index (Phi) is 5.05. The summed E-state index contributed by atoms with van der Waals surface area (Å²) in [6.07, 6.45) is 1.63. The zero-order valence-electron chi connectivity index (χ0n) is 19.2. The fourth-order valence-electron chi connectivity index (χ4n) is 5.98. The molecule has 3 aliphatic rings. The molecule has 4 atom stereocenters. The van der Waals surface area contributed by atoms with E-state index in [1.54, 1.807) is 24.1 Å². The fourth-order valence-corrected chi connectivity index (χ4v) is 6.60. The van der Waals surface area contributed by atoms with Gasteiger partial charge in [-0.1, -0.05) is 5.16 Å². The molecule has 5 heterocycles. The molecule has 1 aromatic carbocycles. The van der Waals surface area contributed by atoms with E-state index in [0.29, 0.717) is 35.2 Å².